The van der Waals surface area contributed by atoms with Gasteiger partial charge in [0.25, 0.3) is 0 Å². The van der Waals surface area contributed by atoms with Crippen LogP contribution in [0.3, 0.4) is 0 Å². The quantitative estimate of drug-likeness (QED) is 0.552. The largest absolute Gasteiger partial charge is 0.337 e. The standard InChI is InChI=1S/C20H22N4O4S2/c1-3-23(13-18-21-20(22-28-18)17-6-5-11-29-17)30(26,27)15-8-9-16(14(2)12-15)24-10-4-7-19(24)25/h5-6,8-9,11-12H,3-4,7,10,13H2,1-2H3. The number of anilines is 1. The maximum atomic E-state index is 13.2. The fraction of sp³-hybridized carbons (Fsp3) is 0.350. The molecule has 158 valence electrons. The first-order chi connectivity index (χ1) is 14.4. The Labute approximate surface area is 179 Å². The van der Waals surface area contributed by atoms with Crippen molar-refractivity contribution in [1.29, 1.82) is 0 Å². The maximum absolute atomic E-state index is 13.2. The molecule has 2 aromatic heterocycles. The van der Waals surface area contributed by atoms with Gasteiger partial charge in [-0.15, -0.1) is 11.3 Å². The van der Waals surface area contributed by atoms with Gasteiger partial charge in [-0.05, 0) is 48.6 Å². The van der Waals surface area contributed by atoms with E-state index >= 15 is 0 Å². The molecule has 0 unspecified atom stereocenters. The molecule has 3 aromatic rings. The van der Waals surface area contributed by atoms with Gasteiger partial charge in [0.05, 0.1) is 16.3 Å². The number of hydrogen-bond acceptors (Lipinski definition) is 7. The molecule has 0 N–H and O–H groups in total. The Morgan fingerprint density at radius 1 is 1.30 bits per heavy atom. The molecule has 4 rings (SSSR count). The van der Waals surface area contributed by atoms with E-state index in [1.54, 1.807) is 30.0 Å². The molecule has 1 aliphatic rings. The molecule has 0 saturated carbocycles. The second-order valence-electron chi connectivity index (χ2n) is 7.02. The summed E-state index contributed by atoms with van der Waals surface area (Å²) in [5, 5.41) is 5.86. The monoisotopic (exact) mass is 446 g/mol. The number of carbonyl (C=O) groups is 1. The third kappa shape index (κ3) is 3.90. The van der Waals surface area contributed by atoms with E-state index < -0.39 is 10.0 Å². The summed E-state index contributed by atoms with van der Waals surface area (Å²) in [5.74, 6) is 0.755. The predicted molar refractivity (Wildman–Crippen MR) is 114 cm³/mol. The fourth-order valence-electron chi connectivity index (χ4n) is 3.49. The van der Waals surface area contributed by atoms with Gasteiger partial charge >= 0.3 is 0 Å². The second kappa shape index (κ2) is 8.29. The first-order valence-corrected chi connectivity index (χ1v) is 12.0. The molecule has 8 nitrogen and oxygen atoms in total. The smallest absolute Gasteiger partial charge is 0.243 e. The molecular formula is C20H22N4O4S2. The van der Waals surface area contributed by atoms with Crippen molar-refractivity contribution in [3.8, 4) is 10.7 Å². The molecule has 10 heteroatoms. The number of nitrogens with zero attached hydrogens (tertiary/aromatic N) is 4. The Morgan fingerprint density at radius 3 is 2.77 bits per heavy atom. The van der Waals surface area contributed by atoms with Crippen LogP contribution in [-0.4, -0.2) is 41.9 Å². The molecule has 1 aliphatic heterocycles. The summed E-state index contributed by atoms with van der Waals surface area (Å²) in [6, 6.07) is 8.64. The third-order valence-corrected chi connectivity index (χ3v) is 7.83. The molecule has 1 amide bonds. The lowest BCUT2D eigenvalue weighted by Gasteiger charge is -2.22. The summed E-state index contributed by atoms with van der Waals surface area (Å²) in [7, 11) is -3.77. The zero-order valence-corrected chi connectivity index (χ0v) is 18.4. The second-order valence-corrected chi connectivity index (χ2v) is 9.90. The highest BCUT2D eigenvalue weighted by molar-refractivity contribution is 7.89. The molecule has 3 heterocycles. The van der Waals surface area contributed by atoms with Crippen LogP contribution in [-0.2, 0) is 21.4 Å². The fourth-order valence-corrected chi connectivity index (χ4v) is 5.62. The number of sulfonamides is 1. The maximum Gasteiger partial charge on any atom is 0.243 e. The van der Waals surface area contributed by atoms with Crippen molar-refractivity contribution in [2.75, 3.05) is 18.0 Å². The first-order valence-electron chi connectivity index (χ1n) is 9.67. The highest BCUT2D eigenvalue weighted by atomic mass is 32.2. The van der Waals surface area contributed by atoms with Crippen LogP contribution in [0.2, 0.25) is 0 Å². The summed E-state index contributed by atoms with van der Waals surface area (Å²) in [6.45, 7) is 4.49. The normalized spacial score (nSPS) is 14.8. The van der Waals surface area contributed by atoms with Crippen molar-refractivity contribution in [3.63, 3.8) is 0 Å². The van der Waals surface area contributed by atoms with E-state index in [2.05, 4.69) is 10.1 Å². The SMILES string of the molecule is CCN(Cc1nc(-c2cccs2)no1)S(=O)(=O)c1ccc(N2CCCC2=O)c(C)c1. The van der Waals surface area contributed by atoms with Crippen molar-refractivity contribution < 1.29 is 17.7 Å². The average Bonchev–Trinajstić information content (AvgIpc) is 3.47. The summed E-state index contributed by atoms with van der Waals surface area (Å²) < 4.78 is 33.0. The topological polar surface area (TPSA) is 96.6 Å². The van der Waals surface area contributed by atoms with Gasteiger partial charge in [-0.1, -0.05) is 18.1 Å². The first kappa shape index (κ1) is 20.7. The van der Waals surface area contributed by atoms with Crippen molar-refractivity contribution >= 4 is 33.0 Å². The van der Waals surface area contributed by atoms with Crippen LogP contribution < -0.4 is 4.90 Å². The number of aryl methyl sites for hydroxylation is 1. The lowest BCUT2D eigenvalue weighted by molar-refractivity contribution is -0.117. The van der Waals surface area contributed by atoms with E-state index in [9.17, 15) is 13.2 Å². The van der Waals surface area contributed by atoms with Crippen LogP contribution in [0, 0.1) is 6.92 Å². The highest BCUT2D eigenvalue weighted by Crippen LogP contribution is 2.29. The summed E-state index contributed by atoms with van der Waals surface area (Å²) >= 11 is 1.49. The van der Waals surface area contributed by atoms with Crippen molar-refractivity contribution in [1.82, 2.24) is 14.4 Å². The summed E-state index contributed by atoms with van der Waals surface area (Å²) in [5.41, 5.74) is 1.51. The van der Waals surface area contributed by atoms with Gasteiger partial charge < -0.3 is 9.42 Å². The lowest BCUT2D eigenvalue weighted by Crippen LogP contribution is -2.31. The van der Waals surface area contributed by atoms with Crippen LogP contribution in [0.4, 0.5) is 5.69 Å². The van der Waals surface area contributed by atoms with Gasteiger partial charge in [0.1, 0.15) is 0 Å². The van der Waals surface area contributed by atoms with Gasteiger partial charge in [-0.2, -0.15) is 9.29 Å². The Balaban J connectivity index is 1.56. The molecule has 1 fully saturated rings. The van der Waals surface area contributed by atoms with E-state index in [0.29, 0.717) is 18.8 Å². The molecule has 30 heavy (non-hydrogen) atoms. The predicted octanol–water partition coefficient (Wildman–Crippen LogP) is 3.44. The molecule has 0 radical (unpaired) electrons. The molecule has 1 aromatic carbocycles. The minimum absolute atomic E-state index is 0.0113. The summed E-state index contributed by atoms with van der Waals surface area (Å²) in [4.78, 5) is 19.1. The van der Waals surface area contributed by atoms with E-state index in [1.165, 1.54) is 15.6 Å². The van der Waals surface area contributed by atoms with E-state index in [1.807, 2.05) is 24.4 Å². The molecular weight excluding hydrogens is 424 g/mol. The van der Waals surface area contributed by atoms with Crippen LogP contribution in [0.5, 0.6) is 0 Å². The number of benzene rings is 1. The molecule has 0 atom stereocenters. The highest BCUT2D eigenvalue weighted by Gasteiger charge is 2.28. The number of rotatable bonds is 7. The molecule has 0 spiro atoms. The Hall–Kier alpha value is -2.56. The van der Waals surface area contributed by atoms with E-state index in [0.717, 1.165) is 22.5 Å². The molecule has 1 saturated heterocycles. The average molecular weight is 447 g/mol. The number of hydrogen-bond donors (Lipinski definition) is 0. The Kier molecular flexibility index (Phi) is 5.72. The van der Waals surface area contributed by atoms with E-state index in [4.69, 9.17) is 4.52 Å². The van der Waals surface area contributed by atoms with Crippen molar-refractivity contribution in [2.24, 2.45) is 0 Å². The Morgan fingerprint density at radius 2 is 2.13 bits per heavy atom. The van der Waals surface area contributed by atoms with Gasteiger partial charge in [0.15, 0.2) is 0 Å². The summed E-state index contributed by atoms with van der Waals surface area (Å²) in [6.07, 6.45) is 1.35. The number of thiophene rings is 1. The van der Waals surface area contributed by atoms with Gasteiger partial charge in [0.2, 0.25) is 27.6 Å². The third-order valence-electron chi connectivity index (χ3n) is 5.04. The van der Waals surface area contributed by atoms with E-state index in [-0.39, 0.29) is 29.8 Å². The Bertz CT molecular complexity index is 1160. The number of carbonyl (C=O) groups excluding carboxylic acids is 1. The lowest BCUT2D eigenvalue weighted by atomic mass is 10.2. The van der Waals surface area contributed by atoms with Crippen LogP contribution >= 0.6 is 11.3 Å². The number of aromatic nitrogens is 2. The van der Waals surface area contributed by atoms with Crippen LogP contribution in [0.1, 0.15) is 31.2 Å². The zero-order chi connectivity index (χ0) is 21.3. The van der Waals surface area contributed by atoms with Gasteiger partial charge in [-0.25, -0.2) is 8.42 Å². The van der Waals surface area contributed by atoms with Crippen molar-refractivity contribution in [2.45, 2.75) is 38.1 Å². The number of amides is 1. The van der Waals surface area contributed by atoms with Gasteiger partial charge in [-0.3, -0.25) is 4.79 Å². The minimum atomic E-state index is -3.77. The van der Waals surface area contributed by atoms with Crippen LogP contribution in [0.15, 0.2) is 45.1 Å². The zero-order valence-electron chi connectivity index (χ0n) is 16.7. The minimum Gasteiger partial charge on any atom is -0.337 e. The van der Waals surface area contributed by atoms with Crippen LogP contribution in [0.25, 0.3) is 10.7 Å². The molecule has 0 aliphatic carbocycles. The van der Waals surface area contributed by atoms with Gasteiger partial charge in [0, 0.05) is 25.2 Å². The van der Waals surface area contributed by atoms with Crippen molar-refractivity contribution in [3.05, 3.63) is 47.2 Å². The molecule has 0 bridgehead atoms.